The molecule has 5 nitrogen and oxygen atoms in total. The molecule has 26 heavy (non-hydrogen) atoms. The van der Waals surface area contributed by atoms with Crippen molar-refractivity contribution in [2.75, 3.05) is 6.54 Å². The topological polar surface area (TPSA) is 70.5 Å². The number of carboxylic acid groups (broad SMARTS) is 1. The Morgan fingerprint density at radius 3 is 2.35 bits per heavy atom. The highest BCUT2D eigenvalue weighted by Gasteiger charge is 2.31. The Labute approximate surface area is 148 Å². The van der Waals surface area contributed by atoms with Crippen molar-refractivity contribution in [2.24, 2.45) is 0 Å². The van der Waals surface area contributed by atoms with E-state index in [4.69, 9.17) is 5.11 Å². The normalized spacial score (nSPS) is 12.5. The summed E-state index contributed by atoms with van der Waals surface area (Å²) in [6.07, 6.45) is -4.48. The molecule has 1 amide bonds. The fraction of sp³-hybridized carbons (Fsp3) is 0.278. The number of nitrogens with zero attached hydrogens (tertiary/aromatic N) is 2. The fourth-order valence-electron chi connectivity index (χ4n) is 2.57. The molecule has 0 radical (unpaired) electrons. The van der Waals surface area contributed by atoms with Crippen molar-refractivity contribution >= 4 is 11.9 Å². The van der Waals surface area contributed by atoms with Gasteiger partial charge in [-0.1, -0.05) is 18.2 Å². The summed E-state index contributed by atoms with van der Waals surface area (Å²) < 4.78 is 38.7. The van der Waals surface area contributed by atoms with Gasteiger partial charge in [0, 0.05) is 6.54 Å². The third-order valence-electron chi connectivity index (χ3n) is 3.95. The summed E-state index contributed by atoms with van der Waals surface area (Å²) in [6.45, 7) is 3.51. The highest BCUT2D eigenvalue weighted by molar-refractivity contribution is 5.94. The second-order valence-corrected chi connectivity index (χ2v) is 5.60. The number of rotatable bonds is 5. The fourth-order valence-corrected chi connectivity index (χ4v) is 2.57. The van der Waals surface area contributed by atoms with Crippen molar-refractivity contribution in [3.8, 4) is 0 Å². The number of aromatic nitrogens is 1. The lowest BCUT2D eigenvalue weighted by Gasteiger charge is -2.28. The summed E-state index contributed by atoms with van der Waals surface area (Å²) in [5.74, 6) is -1.82. The standard InChI is InChI=1S/C18H17F3N2O3/c1-3-23(16(24)14-8-5-9-15(22-14)17(25)26)11(2)12-6-4-7-13(10-12)18(19,20)21/h4-11H,3H2,1-2H3,(H,25,26). The molecule has 8 heteroatoms. The van der Waals surface area contributed by atoms with Gasteiger partial charge in [-0.25, -0.2) is 9.78 Å². The molecular formula is C18H17F3N2O3. The maximum absolute atomic E-state index is 12.9. The number of halogens is 3. The molecule has 0 aliphatic heterocycles. The maximum Gasteiger partial charge on any atom is 0.416 e. The second kappa shape index (κ2) is 7.55. The number of alkyl halides is 3. The Morgan fingerprint density at radius 1 is 1.15 bits per heavy atom. The van der Waals surface area contributed by atoms with Gasteiger partial charge >= 0.3 is 12.1 Å². The Morgan fingerprint density at radius 2 is 1.77 bits per heavy atom. The van der Waals surface area contributed by atoms with Crippen LogP contribution < -0.4 is 0 Å². The van der Waals surface area contributed by atoms with Crippen LogP contribution in [0.4, 0.5) is 13.2 Å². The van der Waals surface area contributed by atoms with E-state index in [1.807, 2.05) is 0 Å². The molecule has 1 aromatic carbocycles. The molecule has 1 heterocycles. The van der Waals surface area contributed by atoms with Crippen molar-refractivity contribution in [1.29, 1.82) is 0 Å². The van der Waals surface area contributed by atoms with E-state index < -0.39 is 29.7 Å². The Balaban J connectivity index is 2.34. The molecule has 0 spiro atoms. The van der Waals surface area contributed by atoms with Gasteiger partial charge in [-0.05, 0) is 43.7 Å². The summed E-state index contributed by atoms with van der Waals surface area (Å²) in [5.41, 5.74) is -0.829. The average molecular weight is 366 g/mol. The van der Waals surface area contributed by atoms with E-state index in [9.17, 15) is 22.8 Å². The first-order valence-electron chi connectivity index (χ1n) is 7.83. The zero-order valence-corrected chi connectivity index (χ0v) is 14.1. The van der Waals surface area contributed by atoms with Crippen LogP contribution in [0.5, 0.6) is 0 Å². The Bertz CT molecular complexity index is 821. The molecule has 2 rings (SSSR count). The molecule has 1 N–H and O–H groups in total. The average Bonchev–Trinajstić information content (AvgIpc) is 2.61. The summed E-state index contributed by atoms with van der Waals surface area (Å²) in [6, 6.07) is 8.14. The van der Waals surface area contributed by atoms with Crippen LogP contribution in [0.2, 0.25) is 0 Å². The van der Waals surface area contributed by atoms with E-state index in [1.54, 1.807) is 13.8 Å². The van der Waals surface area contributed by atoms with Crippen molar-refractivity contribution in [3.05, 3.63) is 65.0 Å². The van der Waals surface area contributed by atoms with E-state index >= 15 is 0 Å². The molecule has 0 aliphatic carbocycles. The number of carbonyl (C=O) groups is 2. The van der Waals surface area contributed by atoms with Crippen molar-refractivity contribution in [2.45, 2.75) is 26.1 Å². The Hall–Kier alpha value is -2.90. The lowest BCUT2D eigenvalue weighted by atomic mass is 10.0. The minimum Gasteiger partial charge on any atom is -0.477 e. The van der Waals surface area contributed by atoms with Gasteiger partial charge in [0.05, 0.1) is 11.6 Å². The lowest BCUT2D eigenvalue weighted by molar-refractivity contribution is -0.137. The molecule has 138 valence electrons. The first-order chi connectivity index (χ1) is 12.1. The molecular weight excluding hydrogens is 349 g/mol. The first kappa shape index (κ1) is 19.4. The van der Waals surface area contributed by atoms with E-state index in [0.717, 1.165) is 12.1 Å². The first-order valence-corrected chi connectivity index (χ1v) is 7.83. The van der Waals surface area contributed by atoms with Gasteiger partial charge in [-0.3, -0.25) is 4.79 Å². The number of carbonyl (C=O) groups excluding carboxylic acids is 1. The van der Waals surface area contributed by atoms with Gasteiger partial charge in [0.1, 0.15) is 11.4 Å². The molecule has 1 unspecified atom stereocenters. The highest BCUT2D eigenvalue weighted by Crippen LogP contribution is 2.32. The minimum absolute atomic E-state index is 0.0782. The summed E-state index contributed by atoms with van der Waals surface area (Å²) >= 11 is 0. The second-order valence-electron chi connectivity index (χ2n) is 5.60. The molecule has 0 bridgehead atoms. The van der Waals surface area contributed by atoms with Gasteiger partial charge < -0.3 is 10.0 Å². The van der Waals surface area contributed by atoms with E-state index in [1.165, 1.54) is 35.2 Å². The number of aromatic carboxylic acids is 1. The number of hydrogen-bond donors (Lipinski definition) is 1. The van der Waals surface area contributed by atoms with Crippen LogP contribution in [-0.4, -0.2) is 33.4 Å². The van der Waals surface area contributed by atoms with Crippen LogP contribution in [-0.2, 0) is 6.18 Å². The number of pyridine rings is 1. The number of carboxylic acids is 1. The zero-order chi connectivity index (χ0) is 19.5. The van der Waals surface area contributed by atoms with Gasteiger partial charge in [0.15, 0.2) is 0 Å². The van der Waals surface area contributed by atoms with E-state index in [-0.39, 0.29) is 17.9 Å². The van der Waals surface area contributed by atoms with E-state index in [2.05, 4.69) is 4.98 Å². The van der Waals surface area contributed by atoms with Gasteiger partial charge in [0.2, 0.25) is 0 Å². The van der Waals surface area contributed by atoms with Gasteiger partial charge in [-0.15, -0.1) is 0 Å². The molecule has 0 aliphatic rings. The van der Waals surface area contributed by atoms with Crippen LogP contribution in [0, 0.1) is 0 Å². The molecule has 1 aromatic heterocycles. The molecule has 2 aromatic rings. The predicted molar refractivity (Wildman–Crippen MR) is 87.8 cm³/mol. The molecule has 0 fully saturated rings. The molecule has 0 saturated heterocycles. The largest absolute Gasteiger partial charge is 0.477 e. The Kier molecular flexibility index (Phi) is 5.64. The number of hydrogen-bond acceptors (Lipinski definition) is 3. The summed E-state index contributed by atoms with van der Waals surface area (Å²) in [5, 5.41) is 8.99. The quantitative estimate of drug-likeness (QED) is 0.868. The highest BCUT2D eigenvalue weighted by atomic mass is 19.4. The van der Waals surface area contributed by atoms with Crippen LogP contribution in [0.25, 0.3) is 0 Å². The number of benzene rings is 1. The van der Waals surface area contributed by atoms with Crippen LogP contribution >= 0.6 is 0 Å². The van der Waals surface area contributed by atoms with Crippen molar-refractivity contribution < 1.29 is 27.9 Å². The molecule has 0 saturated carbocycles. The monoisotopic (exact) mass is 366 g/mol. The minimum atomic E-state index is -4.48. The van der Waals surface area contributed by atoms with Crippen LogP contribution in [0.15, 0.2) is 42.5 Å². The van der Waals surface area contributed by atoms with Crippen molar-refractivity contribution in [3.63, 3.8) is 0 Å². The van der Waals surface area contributed by atoms with Gasteiger partial charge in [-0.2, -0.15) is 13.2 Å². The van der Waals surface area contributed by atoms with Crippen molar-refractivity contribution in [1.82, 2.24) is 9.88 Å². The third kappa shape index (κ3) is 4.19. The smallest absolute Gasteiger partial charge is 0.416 e. The predicted octanol–water partition coefficient (Wildman–Crippen LogP) is 4.02. The zero-order valence-electron chi connectivity index (χ0n) is 14.1. The lowest BCUT2D eigenvalue weighted by Crippen LogP contribution is -2.34. The third-order valence-corrected chi connectivity index (χ3v) is 3.95. The SMILES string of the molecule is CCN(C(=O)c1cccc(C(=O)O)n1)C(C)c1cccc(C(F)(F)F)c1. The summed E-state index contributed by atoms with van der Waals surface area (Å²) in [7, 11) is 0. The van der Waals surface area contributed by atoms with E-state index in [0.29, 0.717) is 5.56 Å². The van der Waals surface area contributed by atoms with Gasteiger partial charge in [0.25, 0.3) is 5.91 Å². The van der Waals surface area contributed by atoms with Crippen LogP contribution in [0.3, 0.4) is 0 Å². The molecule has 1 atom stereocenters. The maximum atomic E-state index is 12.9. The summed E-state index contributed by atoms with van der Waals surface area (Å²) in [4.78, 5) is 28.8. The van der Waals surface area contributed by atoms with Crippen LogP contribution in [0.1, 0.15) is 52.0 Å². The number of amides is 1.